The molecule has 0 unspecified atom stereocenters. The molecule has 4 heteroatoms. The van der Waals surface area contributed by atoms with Crippen molar-refractivity contribution in [2.24, 2.45) is 4.99 Å². The number of nitrogens with zero attached hydrogens (tertiary/aromatic N) is 1. The Morgan fingerprint density at radius 1 is 1.11 bits per heavy atom. The van der Waals surface area contributed by atoms with E-state index in [0.717, 1.165) is 44.7 Å². The zero-order valence-electron chi connectivity index (χ0n) is 12.7. The topological polar surface area (TPSA) is 56.7 Å². The number of aliphatic hydroxyl groups is 1. The summed E-state index contributed by atoms with van der Waals surface area (Å²) < 4.78 is 0. The van der Waals surface area contributed by atoms with Gasteiger partial charge in [0.15, 0.2) is 5.96 Å². The molecule has 0 heterocycles. The molecule has 0 spiro atoms. The van der Waals surface area contributed by atoms with Crippen molar-refractivity contribution >= 4 is 5.96 Å². The van der Waals surface area contributed by atoms with Crippen LogP contribution in [0.3, 0.4) is 0 Å². The highest BCUT2D eigenvalue weighted by atomic mass is 16.3. The van der Waals surface area contributed by atoms with Crippen molar-refractivity contribution in [1.29, 1.82) is 0 Å². The lowest BCUT2D eigenvalue weighted by Gasteiger charge is -2.20. The van der Waals surface area contributed by atoms with Gasteiger partial charge in [-0.2, -0.15) is 0 Å². The molecule has 0 aromatic rings. The van der Waals surface area contributed by atoms with Crippen LogP contribution in [0.5, 0.6) is 0 Å². The lowest BCUT2D eigenvalue weighted by molar-refractivity contribution is 0.0574. The molecule has 0 aromatic heterocycles. The Bertz CT molecular complexity index is 260. The Kier molecular flexibility index (Phi) is 7.87. The van der Waals surface area contributed by atoms with Gasteiger partial charge in [-0.1, -0.05) is 39.0 Å². The summed E-state index contributed by atoms with van der Waals surface area (Å²) in [5.74, 6) is 0.847. The molecule has 19 heavy (non-hydrogen) atoms. The van der Waals surface area contributed by atoms with Crippen LogP contribution in [0.1, 0.15) is 65.2 Å². The summed E-state index contributed by atoms with van der Waals surface area (Å²) in [6, 6.07) is 0. The number of unbranched alkanes of at least 4 members (excludes halogenated alkanes) is 3. The minimum absolute atomic E-state index is 0.525. The molecule has 0 atom stereocenters. The number of hydrogen-bond acceptors (Lipinski definition) is 2. The molecule has 1 saturated carbocycles. The van der Waals surface area contributed by atoms with Crippen LogP contribution >= 0.6 is 0 Å². The molecule has 1 fully saturated rings. The zero-order valence-corrected chi connectivity index (χ0v) is 12.7. The van der Waals surface area contributed by atoms with Gasteiger partial charge in [0, 0.05) is 13.1 Å². The van der Waals surface area contributed by atoms with E-state index in [2.05, 4.69) is 29.5 Å². The van der Waals surface area contributed by atoms with Gasteiger partial charge in [0.05, 0.1) is 12.1 Å². The minimum atomic E-state index is -0.551. The fourth-order valence-electron chi connectivity index (χ4n) is 2.52. The summed E-state index contributed by atoms with van der Waals surface area (Å²) in [6.07, 6.45) is 9.07. The quantitative estimate of drug-likeness (QED) is 0.360. The molecular weight excluding hydrogens is 238 g/mol. The summed E-state index contributed by atoms with van der Waals surface area (Å²) in [4.78, 5) is 4.53. The molecule has 0 aliphatic heterocycles. The smallest absolute Gasteiger partial charge is 0.191 e. The van der Waals surface area contributed by atoms with Gasteiger partial charge in [-0.05, 0) is 26.2 Å². The number of rotatable bonds is 8. The standard InChI is InChI=1S/C15H31N3O/c1-3-5-6-9-12-17-14(16-4-2)18-13-15(19)10-7-8-11-15/h19H,3-13H2,1-2H3,(H2,16,17,18). The monoisotopic (exact) mass is 269 g/mol. The van der Waals surface area contributed by atoms with E-state index in [1.807, 2.05) is 0 Å². The Morgan fingerprint density at radius 2 is 1.84 bits per heavy atom. The summed E-state index contributed by atoms with van der Waals surface area (Å²) in [5, 5.41) is 16.9. The fourth-order valence-corrected chi connectivity index (χ4v) is 2.52. The van der Waals surface area contributed by atoms with E-state index in [1.165, 1.54) is 25.7 Å². The second-order valence-electron chi connectivity index (χ2n) is 5.61. The first-order valence-electron chi connectivity index (χ1n) is 7.95. The van der Waals surface area contributed by atoms with Gasteiger partial charge in [0.25, 0.3) is 0 Å². The molecule has 0 radical (unpaired) electrons. The zero-order chi connectivity index (χ0) is 14.0. The molecule has 4 nitrogen and oxygen atoms in total. The average molecular weight is 269 g/mol. The molecule has 1 aliphatic carbocycles. The van der Waals surface area contributed by atoms with E-state index in [1.54, 1.807) is 0 Å². The maximum Gasteiger partial charge on any atom is 0.191 e. The van der Waals surface area contributed by atoms with Crippen LogP contribution in [-0.4, -0.2) is 36.3 Å². The highest BCUT2D eigenvalue weighted by molar-refractivity contribution is 5.79. The number of aliphatic imine (C=N–C) groups is 1. The van der Waals surface area contributed by atoms with Crippen LogP contribution in [-0.2, 0) is 0 Å². The van der Waals surface area contributed by atoms with Crippen LogP contribution in [0.15, 0.2) is 4.99 Å². The summed E-state index contributed by atoms with van der Waals surface area (Å²) in [7, 11) is 0. The maximum absolute atomic E-state index is 10.3. The van der Waals surface area contributed by atoms with Crippen LogP contribution in [0, 0.1) is 0 Å². The summed E-state index contributed by atoms with van der Waals surface area (Å²) in [6.45, 7) is 6.64. The highest BCUT2D eigenvalue weighted by Crippen LogP contribution is 2.29. The van der Waals surface area contributed by atoms with Crippen molar-refractivity contribution < 1.29 is 5.11 Å². The Labute approximate surface area is 118 Å². The summed E-state index contributed by atoms with van der Waals surface area (Å²) in [5.41, 5.74) is -0.551. The van der Waals surface area contributed by atoms with E-state index in [4.69, 9.17) is 0 Å². The molecule has 0 aromatic carbocycles. The third-order valence-electron chi connectivity index (χ3n) is 3.73. The molecule has 3 N–H and O–H groups in total. The summed E-state index contributed by atoms with van der Waals surface area (Å²) >= 11 is 0. The van der Waals surface area contributed by atoms with E-state index in [9.17, 15) is 5.11 Å². The number of nitrogens with one attached hydrogen (secondary N) is 2. The first kappa shape index (κ1) is 16.3. The van der Waals surface area contributed by atoms with Crippen LogP contribution < -0.4 is 10.6 Å². The maximum atomic E-state index is 10.3. The molecule has 112 valence electrons. The van der Waals surface area contributed by atoms with Gasteiger partial charge in [0.2, 0.25) is 0 Å². The average Bonchev–Trinajstić information content (AvgIpc) is 2.83. The predicted octanol–water partition coefficient (Wildman–Crippen LogP) is 2.43. The number of guanidine groups is 1. The van der Waals surface area contributed by atoms with E-state index in [-0.39, 0.29) is 0 Å². The molecule has 0 bridgehead atoms. The van der Waals surface area contributed by atoms with Crippen LogP contribution in [0.25, 0.3) is 0 Å². The highest BCUT2D eigenvalue weighted by Gasteiger charge is 2.30. The van der Waals surface area contributed by atoms with Gasteiger partial charge in [0.1, 0.15) is 0 Å². The lowest BCUT2D eigenvalue weighted by atomic mass is 10.0. The van der Waals surface area contributed by atoms with Crippen molar-refractivity contribution in [3.05, 3.63) is 0 Å². The molecule has 1 rings (SSSR count). The van der Waals surface area contributed by atoms with Gasteiger partial charge in [-0.3, -0.25) is 4.99 Å². The minimum Gasteiger partial charge on any atom is -0.388 e. The van der Waals surface area contributed by atoms with Crippen molar-refractivity contribution in [3.63, 3.8) is 0 Å². The van der Waals surface area contributed by atoms with Gasteiger partial charge >= 0.3 is 0 Å². The van der Waals surface area contributed by atoms with Gasteiger partial charge < -0.3 is 15.7 Å². The predicted molar refractivity (Wildman–Crippen MR) is 81.5 cm³/mol. The van der Waals surface area contributed by atoms with Crippen molar-refractivity contribution in [1.82, 2.24) is 10.6 Å². The van der Waals surface area contributed by atoms with Crippen molar-refractivity contribution in [3.8, 4) is 0 Å². The van der Waals surface area contributed by atoms with Gasteiger partial charge in [-0.15, -0.1) is 0 Å². The van der Waals surface area contributed by atoms with E-state index < -0.39 is 5.60 Å². The lowest BCUT2D eigenvalue weighted by Crippen LogP contribution is -2.39. The molecule has 1 aliphatic rings. The Morgan fingerprint density at radius 3 is 2.47 bits per heavy atom. The molecule has 0 saturated heterocycles. The normalized spacial score (nSPS) is 18.6. The SMILES string of the molecule is CCCCCCNC(=NCC1(O)CCCC1)NCC. The second kappa shape index (κ2) is 9.18. The first-order valence-corrected chi connectivity index (χ1v) is 7.95. The van der Waals surface area contributed by atoms with Crippen molar-refractivity contribution in [2.45, 2.75) is 70.8 Å². The van der Waals surface area contributed by atoms with E-state index in [0.29, 0.717) is 6.54 Å². The third kappa shape index (κ3) is 6.81. The van der Waals surface area contributed by atoms with Crippen LogP contribution in [0.2, 0.25) is 0 Å². The Hall–Kier alpha value is -0.770. The fraction of sp³-hybridized carbons (Fsp3) is 0.933. The number of hydrogen-bond donors (Lipinski definition) is 3. The second-order valence-corrected chi connectivity index (χ2v) is 5.61. The molecular formula is C15H31N3O. The van der Waals surface area contributed by atoms with Gasteiger partial charge in [-0.25, -0.2) is 0 Å². The Balaban J connectivity index is 2.29. The molecule has 0 amide bonds. The van der Waals surface area contributed by atoms with E-state index >= 15 is 0 Å². The first-order chi connectivity index (χ1) is 9.20. The van der Waals surface area contributed by atoms with Crippen molar-refractivity contribution in [2.75, 3.05) is 19.6 Å². The van der Waals surface area contributed by atoms with Crippen LogP contribution in [0.4, 0.5) is 0 Å². The third-order valence-corrected chi connectivity index (χ3v) is 3.73. The largest absolute Gasteiger partial charge is 0.388 e.